The minimum Gasteiger partial charge on any atom is -0.455 e. The van der Waals surface area contributed by atoms with Gasteiger partial charge in [-0.05, 0) is 129 Å². The number of nitrogens with zero attached hydrogens (tertiary/aromatic N) is 2. The number of fused-ring (bicyclic) bond motifs is 12. The molecule has 2 aromatic heterocycles. The largest absolute Gasteiger partial charge is 0.455 e. The molecular weight excluding hydrogens is 777 g/mol. The van der Waals surface area contributed by atoms with Gasteiger partial charge >= 0.3 is 0 Å². The second-order valence-corrected chi connectivity index (χ2v) is 17.7. The van der Waals surface area contributed by atoms with Crippen molar-refractivity contribution in [2.45, 2.75) is 19.3 Å². The van der Waals surface area contributed by atoms with Gasteiger partial charge in [0.2, 0.25) is 0 Å². The van der Waals surface area contributed by atoms with Gasteiger partial charge in [-0.1, -0.05) is 153 Å². The zero-order valence-corrected chi connectivity index (χ0v) is 35.6. The molecule has 12 aromatic rings. The van der Waals surface area contributed by atoms with Crippen molar-refractivity contribution in [3.8, 4) is 39.1 Å². The van der Waals surface area contributed by atoms with E-state index in [1.807, 2.05) is 6.07 Å². The molecule has 302 valence electrons. The number of aromatic nitrogens is 1. The Hall–Kier alpha value is -8.14. The Morgan fingerprint density at radius 2 is 1.00 bits per heavy atom. The predicted molar refractivity (Wildman–Crippen MR) is 269 cm³/mol. The zero-order chi connectivity index (χ0) is 42.5. The summed E-state index contributed by atoms with van der Waals surface area (Å²) >= 11 is 0. The molecule has 0 atom stereocenters. The molecule has 0 fully saturated rings. The summed E-state index contributed by atoms with van der Waals surface area (Å²) in [5.74, 6) is 0. The van der Waals surface area contributed by atoms with Crippen LogP contribution in [0.4, 0.5) is 17.1 Å². The molecule has 0 spiro atoms. The summed E-state index contributed by atoms with van der Waals surface area (Å²) in [4.78, 5) is 2.40. The first-order valence-corrected chi connectivity index (χ1v) is 22.2. The van der Waals surface area contributed by atoms with E-state index in [-0.39, 0.29) is 5.41 Å². The third kappa shape index (κ3) is 5.47. The molecule has 0 N–H and O–H groups in total. The van der Waals surface area contributed by atoms with Crippen molar-refractivity contribution in [1.29, 1.82) is 0 Å². The molecule has 0 unspecified atom stereocenters. The van der Waals surface area contributed by atoms with Gasteiger partial charge in [0, 0.05) is 55.1 Å². The fourth-order valence-corrected chi connectivity index (χ4v) is 10.7. The molecule has 0 bridgehead atoms. The van der Waals surface area contributed by atoms with Crippen LogP contribution in [0.3, 0.4) is 0 Å². The number of hydrogen-bond donors (Lipinski definition) is 0. The van der Waals surface area contributed by atoms with Crippen molar-refractivity contribution < 1.29 is 4.42 Å². The molecule has 0 radical (unpaired) electrons. The molecule has 3 nitrogen and oxygen atoms in total. The molecule has 2 heterocycles. The third-order valence-corrected chi connectivity index (χ3v) is 13.8. The first kappa shape index (κ1) is 36.5. The normalized spacial score (nSPS) is 13.0. The summed E-state index contributed by atoms with van der Waals surface area (Å²) in [6.07, 6.45) is 0. The van der Waals surface area contributed by atoms with E-state index in [1.54, 1.807) is 0 Å². The van der Waals surface area contributed by atoms with Crippen molar-refractivity contribution in [3.05, 3.63) is 230 Å². The van der Waals surface area contributed by atoms with Crippen molar-refractivity contribution in [1.82, 2.24) is 4.57 Å². The van der Waals surface area contributed by atoms with E-state index in [2.05, 4.69) is 236 Å². The molecule has 0 saturated carbocycles. The lowest BCUT2D eigenvalue weighted by Gasteiger charge is -2.28. The molecule has 13 rings (SSSR count). The Bertz CT molecular complexity index is 3780. The van der Waals surface area contributed by atoms with Gasteiger partial charge in [-0.25, -0.2) is 0 Å². The van der Waals surface area contributed by atoms with Crippen molar-refractivity contribution in [3.63, 3.8) is 0 Å². The highest BCUT2D eigenvalue weighted by atomic mass is 16.3. The number of benzene rings is 10. The maximum absolute atomic E-state index is 6.73. The maximum atomic E-state index is 6.73. The standard InChI is InChI=1S/C61H42N2O/c1-61(2)53-19-11-9-17-48(53)49-34-32-47(38-54(49)61)62(45-28-21-40(22-29-45)39-13-5-3-6-14-39)46-30-23-41(24-31-46)43-27-35-55-52(37-43)59-56(63(55)44-15-7-4-8-16-44)36-26-42-25-33-51-50-18-10-12-20-57(50)64-60(51)58(42)59/h3-38H,1-2H3. The number of furan rings is 1. The number of hydrogen-bond acceptors (Lipinski definition) is 2. The summed E-state index contributed by atoms with van der Waals surface area (Å²) in [5.41, 5.74) is 18.6. The summed E-state index contributed by atoms with van der Waals surface area (Å²) < 4.78 is 9.13. The maximum Gasteiger partial charge on any atom is 0.143 e. The lowest BCUT2D eigenvalue weighted by atomic mass is 9.82. The van der Waals surface area contributed by atoms with Crippen LogP contribution in [0.25, 0.3) is 93.6 Å². The van der Waals surface area contributed by atoms with Crippen LogP contribution < -0.4 is 4.90 Å². The average molecular weight is 819 g/mol. The molecule has 0 amide bonds. The highest BCUT2D eigenvalue weighted by molar-refractivity contribution is 6.29. The summed E-state index contributed by atoms with van der Waals surface area (Å²) in [6.45, 7) is 4.71. The van der Waals surface area contributed by atoms with Crippen LogP contribution in [0.15, 0.2) is 223 Å². The van der Waals surface area contributed by atoms with Gasteiger partial charge in [-0.3, -0.25) is 0 Å². The first-order valence-electron chi connectivity index (χ1n) is 22.2. The topological polar surface area (TPSA) is 21.3 Å². The van der Waals surface area contributed by atoms with Crippen molar-refractivity contribution >= 4 is 71.6 Å². The average Bonchev–Trinajstić information content (AvgIpc) is 3.98. The highest BCUT2D eigenvalue weighted by Gasteiger charge is 2.35. The van der Waals surface area contributed by atoms with E-state index in [9.17, 15) is 0 Å². The lowest BCUT2D eigenvalue weighted by molar-refractivity contribution is 0.660. The highest BCUT2D eigenvalue weighted by Crippen LogP contribution is 2.51. The minimum absolute atomic E-state index is 0.113. The van der Waals surface area contributed by atoms with Gasteiger partial charge in [-0.2, -0.15) is 0 Å². The first-order chi connectivity index (χ1) is 31.5. The predicted octanol–water partition coefficient (Wildman–Crippen LogP) is 16.9. The van der Waals surface area contributed by atoms with Gasteiger partial charge in [0.1, 0.15) is 11.2 Å². The molecule has 0 saturated heterocycles. The van der Waals surface area contributed by atoms with E-state index in [0.717, 1.165) is 77.6 Å². The summed E-state index contributed by atoms with van der Waals surface area (Å²) in [6, 6.07) is 79.6. The molecule has 64 heavy (non-hydrogen) atoms. The Morgan fingerprint density at radius 3 is 1.78 bits per heavy atom. The fraction of sp³-hybridized carbons (Fsp3) is 0.0492. The number of anilines is 3. The molecular formula is C61H42N2O. The van der Waals surface area contributed by atoms with Gasteiger partial charge in [0.25, 0.3) is 0 Å². The van der Waals surface area contributed by atoms with Crippen molar-refractivity contribution in [2.75, 3.05) is 4.90 Å². The monoisotopic (exact) mass is 818 g/mol. The third-order valence-electron chi connectivity index (χ3n) is 13.8. The molecule has 3 heteroatoms. The SMILES string of the molecule is CC1(C)c2ccccc2-c2ccc(N(c3ccc(-c4ccccc4)cc3)c3ccc(-c4ccc5c(c4)c4c6c(ccc7c8ccccc8oc76)ccc4n5-c4ccccc4)cc3)cc21. The van der Waals surface area contributed by atoms with Gasteiger partial charge in [-0.15, -0.1) is 0 Å². The van der Waals surface area contributed by atoms with Crippen LogP contribution in [-0.4, -0.2) is 4.57 Å². The molecule has 0 aliphatic heterocycles. The van der Waals surface area contributed by atoms with E-state index < -0.39 is 0 Å². The summed E-state index contributed by atoms with van der Waals surface area (Å²) in [5, 5.41) is 6.98. The van der Waals surface area contributed by atoms with Crippen LogP contribution >= 0.6 is 0 Å². The van der Waals surface area contributed by atoms with E-state index in [1.165, 1.54) is 44.2 Å². The van der Waals surface area contributed by atoms with Crippen LogP contribution in [-0.2, 0) is 5.41 Å². The second kappa shape index (κ2) is 13.9. The Labute approximate surface area is 371 Å². The van der Waals surface area contributed by atoms with Gasteiger partial charge in [0.15, 0.2) is 0 Å². The second-order valence-electron chi connectivity index (χ2n) is 17.7. The minimum atomic E-state index is -0.113. The van der Waals surface area contributed by atoms with Gasteiger partial charge in [0.05, 0.1) is 11.0 Å². The number of rotatable bonds is 6. The molecule has 1 aliphatic rings. The Morgan fingerprint density at radius 1 is 0.406 bits per heavy atom. The van der Waals surface area contributed by atoms with E-state index in [4.69, 9.17) is 4.42 Å². The number of para-hydroxylation sites is 2. The van der Waals surface area contributed by atoms with E-state index in [0.29, 0.717) is 0 Å². The fourth-order valence-electron chi connectivity index (χ4n) is 10.7. The van der Waals surface area contributed by atoms with E-state index >= 15 is 0 Å². The smallest absolute Gasteiger partial charge is 0.143 e. The zero-order valence-electron chi connectivity index (χ0n) is 35.6. The van der Waals surface area contributed by atoms with Crippen LogP contribution in [0.1, 0.15) is 25.0 Å². The Balaban J connectivity index is 0.969. The van der Waals surface area contributed by atoms with Crippen LogP contribution in [0, 0.1) is 0 Å². The lowest BCUT2D eigenvalue weighted by Crippen LogP contribution is -2.16. The Kier molecular flexibility index (Phi) is 7.95. The summed E-state index contributed by atoms with van der Waals surface area (Å²) in [7, 11) is 0. The molecule has 10 aromatic carbocycles. The molecule has 1 aliphatic carbocycles. The van der Waals surface area contributed by atoms with Crippen LogP contribution in [0.5, 0.6) is 0 Å². The van der Waals surface area contributed by atoms with Crippen LogP contribution in [0.2, 0.25) is 0 Å². The quantitative estimate of drug-likeness (QED) is 0.167. The van der Waals surface area contributed by atoms with Crippen molar-refractivity contribution in [2.24, 2.45) is 0 Å². The van der Waals surface area contributed by atoms with Gasteiger partial charge < -0.3 is 13.9 Å².